The van der Waals surface area contributed by atoms with Crippen molar-refractivity contribution < 1.29 is 23.8 Å². The molecule has 0 unspecified atom stereocenters. The second-order valence-electron chi connectivity index (χ2n) is 6.43. The molecule has 2 amide bonds. The number of amides is 2. The summed E-state index contributed by atoms with van der Waals surface area (Å²) >= 11 is 0. The zero-order valence-corrected chi connectivity index (χ0v) is 15.2. The molecule has 4 rings (SSSR count). The van der Waals surface area contributed by atoms with Gasteiger partial charge in [0.25, 0.3) is 5.91 Å². The third-order valence-electron chi connectivity index (χ3n) is 4.90. The molecule has 0 N–H and O–H groups in total. The van der Waals surface area contributed by atoms with E-state index in [1.54, 1.807) is 60.2 Å². The Labute approximate surface area is 157 Å². The molecule has 0 bridgehead atoms. The minimum Gasteiger partial charge on any atom is -0.497 e. The fraction of sp³-hybridized carbons (Fsp3) is 0.300. The van der Waals surface area contributed by atoms with E-state index in [1.807, 2.05) is 6.07 Å². The molecule has 0 spiro atoms. The van der Waals surface area contributed by atoms with Crippen molar-refractivity contribution in [2.24, 2.45) is 0 Å². The number of hydrogen-bond donors (Lipinski definition) is 0. The standard InChI is InChI=1S/C20H20N2O5/c1-13-19(23)22(15-6-7-17-18(11-15)27-12-26-17)9-8-21(13)20(24)14-4-3-5-16(10-14)25-2/h3-7,10-11,13H,8-9,12H2,1-2H3/t13-/m1/s1. The molecule has 2 aliphatic heterocycles. The molecule has 7 nitrogen and oxygen atoms in total. The Balaban J connectivity index is 1.53. The summed E-state index contributed by atoms with van der Waals surface area (Å²) in [6, 6.07) is 11.8. The zero-order chi connectivity index (χ0) is 19.0. The second kappa shape index (κ2) is 6.83. The van der Waals surface area contributed by atoms with Crippen LogP contribution in [0.3, 0.4) is 0 Å². The highest BCUT2D eigenvalue weighted by molar-refractivity contribution is 6.03. The first kappa shape index (κ1) is 17.2. The molecule has 2 aliphatic rings. The number of ether oxygens (including phenoxy) is 3. The predicted octanol–water partition coefficient (Wildman–Crippen LogP) is 2.30. The monoisotopic (exact) mass is 368 g/mol. The van der Waals surface area contributed by atoms with E-state index >= 15 is 0 Å². The Hall–Kier alpha value is -3.22. The van der Waals surface area contributed by atoms with E-state index in [2.05, 4.69) is 0 Å². The van der Waals surface area contributed by atoms with Crippen molar-refractivity contribution in [2.75, 3.05) is 31.9 Å². The molecule has 2 aromatic carbocycles. The third-order valence-corrected chi connectivity index (χ3v) is 4.90. The predicted molar refractivity (Wildman–Crippen MR) is 98.4 cm³/mol. The lowest BCUT2D eigenvalue weighted by atomic mass is 10.1. The second-order valence-corrected chi connectivity index (χ2v) is 6.43. The highest BCUT2D eigenvalue weighted by Crippen LogP contribution is 2.36. The Morgan fingerprint density at radius 2 is 1.93 bits per heavy atom. The average Bonchev–Trinajstić information content (AvgIpc) is 3.17. The van der Waals surface area contributed by atoms with Gasteiger partial charge in [-0.3, -0.25) is 9.59 Å². The fourth-order valence-corrected chi connectivity index (χ4v) is 3.38. The molecule has 2 aromatic rings. The Morgan fingerprint density at radius 3 is 2.74 bits per heavy atom. The van der Waals surface area contributed by atoms with Crippen molar-refractivity contribution in [3.05, 3.63) is 48.0 Å². The van der Waals surface area contributed by atoms with Gasteiger partial charge in [0.1, 0.15) is 11.8 Å². The van der Waals surface area contributed by atoms with Crippen molar-refractivity contribution >= 4 is 17.5 Å². The summed E-state index contributed by atoms with van der Waals surface area (Å²) in [6.45, 7) is 2.79. The van der Waals surface area contributed by atoms with Gasteiger partial charge in [-0.2, -0.15) is 0 Å². The van der Waals surface area contributed by atoms with Gasteiger partial charge >= 0.3 is 0 Å². The number of carbonyl (C=O) groups is 2. The van der Waals surface area contributed by atoms with Gasteiger partial charge in [-0.15, -0.1) is 0 Å². The summed E-state index contributed by atoms with van der Waals surface area (Å²) in [4.78, 5) is 29.1. The van der Waals surface area contributed by atoms with Crippen molar-refractivity contribution in [3.8, 4) is 17.2 Å². The molecule has 1 fully saturated rings. The molecule has 0 aromatic heterocycles. The van der Waals surface area contributed by atoms with Crippen LogP contribution in [0.25, 0.3) is 0 Å². The number of nitrogens with zero attached hydrogens (tertiary/aromatic N) is 2. The highest BCUT2D eigenvalue weighted by atomic mass is 16.7. The number of methoxy groups -OCH3 is 1. The molecule has 27 heavy (non-hydrogen) atoms. The number of piperazine rings is 1. The number of anilines is 1. The Morgan fingerprint density at radius 1 is 1.11 bits per heavy atom. The minimum absolute atomic E-state index is 0.128. The van der Waals surface area contributed by atoms with Gasteiger partial charge in [-0.25, -0.2) is 0 Å². The van der Waals surface area contributed by atoms with Crippen LogP contribution in [-0.2, 0) is 4.79 Å². The van der Waals surface area contributed by atoms with E-state index in [9.17, 15) is 9.59 Å². The third kappa shape index (κ3) is 3.05. The van der Waals surface area contributed by atoms with E-state index < -0.39 is 6.04 Å². The number of fused-ring (bicyclic) bond motifs is 1. The number of benzene rings is 2. The first-order valence-electron chi connectivity index (χ1n) is 8.74. The molecule has 0 aliphatic carbocycles. The van der Waals surface area contributed by atoms with Gasteiger partial charge in [0, 0.05) is 30.4 Å². The van der Waals surface area contributed by atoms with Gasteiger partial charge in [-0.05, 0) is 37.3 Å². The van der Waals surface area contributed by atoms with Crippen LogP contribution >= 0.6 is 0 Å². The van der Waals surface area contributed by atoms with Crippen molar-refractivity contribution in [1.29, 1.82) is 0 Å². The van der Waals surface area contributed by atoms with Gasteiger partial charge in [0.15, 0.2) is 11.5 Å². The van der Waals surface area contributed by atoms with E-state index in [4.69, 9.17) is 14.2 Å². The molecule has 1 atom stereocenters. The lowest BCUT2D eigenvalue weighted by Gasteiger charge is -2.39. The molecule has 1 saturated heterocycles. The van der Waals surface area contributed by atoms with Crippen LogP contribution in [0.5, 0.6) is 17.2 Å². The molecular weight excluding hydrogens is 348 g/mol. The van der Waals surface area contributed by atoms with Gasteiger partial charge in [-0.1, -0.05) is 6.07 Å². The summed E-state index contributed by atoms with van der Waals surface area (Å²) in [5.74, 6) is 1.60. The van der Waals surface area contributed by atoms with Crippen LogP contribution in [0, 0.1) is 0 Å². The van der Waals surface area contributed by atoms with Crippen LogP contribution in [0.4, 0.5) is 5.69 Å². The summed E-state index contributed by atoms with van der Waals surface area (Å²) in [5.41, 5.74) is 1.25. The largest absolute Gasteiger partial charge is 0.497 e. The minimum atomic E-state index is -0.567. The Bertz CT molecular complexity index is 898. The maximum atomic E-state index is 12.9. The maximum Gasteiger partial charge on any atom is 0.254 e. The van der Waals surface area contributed by atoms with Crippen LogP contribution in [0.15, 0.2) is 42.5 Å². The van der Waals surface area contributed by atoms with Crippen molar-refractivity contribution in [1.82, 2.24) is 4.90 Å². The topological polar surface area (TPSA) is 68.3 Å². The average molecular weight is 368 g/mol. The van der Waals surface area contributed by atoms with E-state index in [-0.39, 0.29) is 18.6 Å². The zero-order valence-electron chi connectivity index (χ0n) is 15.2. The molecular formula is C20H20N2O5. The van der Waals surface area contributed by atoms with E-state index in [1.165, 1.54) is 0 Å². The van der Waals surface area contributed by atoms with Gasteiger partial charge in [0.2, 0.25) is 12.7 Å². The highest BCUT2D eigenvalue weighted by Gasteiger charge is 2.35. The van der Waals surface area contributed by atoms with Crippen LogP contribution in [0.1, 0.15) is 17.3 Å². The summed E-state index contributed by atoms with van der Waals surface area (Å²) < 4.78 is 15.9. The smallest absolute Gasteiger partial charge is 0.254 e. The number of carbonyl (C=O) groups excluding carboxylic acids is 2. The van der Waals surface area contributed by atoms with E-state index in [0.717, 1.165) is 5.69 Å². The first-order chi connectivity index (χ1) is 13.1. The summed E-state index contributed by atoms with van der Waals surface area (Å²) in [6.07, 6.45) is 0. The maximum absolute atomic E-state index is 12.9. The lowest BCUT2D eigenvalue weighted by Crippen LogP contribution is -2.57. The fourth-order valence-electron chi connectivity index (χ4n) is 3.38. The van der Waals surface area contributed by atoms with Gasteiger partial charge < -0.3 is 24.0 Å². The van der Waals surface area contributed by atoms with Crippen LogP contribution < -0.4 is 19.1 Å². The van der Waals surface area contributed by atoms with Gasteiger partial charge in [0.05, 0.1) is 7.11 Å². The molecule has 7 heteroatoms. The summed E-state index contributed by atoms with van der Waals surface area (Å²) in [7, 11) is 1.56. The number of rotatable bonds is 3. The SMILES string of the molecule is COc1cccc(C(=O)N2CCN(c3ccc4c(c3)OCO4)C(=O)[C@H]2C)c1. The van der Waals surface area contributed by atoms with Crippen molar-refractivity contribution in [2.45, 2.75) is 13.0 Å². The molecule has 0 saturated carbocycles. The van der Waals surface area contributed by atoms with E-state index in [0.29, 0.717) is 35.9 Å². The Kier molecular flexibility index (Phi) is 4.35. The quantitative estimate of drug-likeness (QED) is 0.832. The van der Waals surface area contributed by atoms with Crippen LogP contribution in [-0.4, -0.2) is 49.7 Å². The first-order valence-corrected chi connectivity index (χ1v) is 8.74. The lowest BCUT2D eigenvalue weighted by molar-refractivity contribution is -0.124. The van der Waals surface area contributed by atoms with Crippen molar-refractivity contribution in [3.63, 3.8) is 0 Å². The van der Waals surface area contributed by atoms with Crippen LogP contribution in [0.2, 0.25) is 0 Å². The molecule has 2 heterocycles. The number of hydrogen-bond acceptors (Lipinski definition) is 5. The summed E-state index contributed by atoms with van der Waals surface area (Å²) in [5, 5.41) is 0. The normalized spacial score (nSPS) is 18.6. The molecule has 0 radical (unpaired) electrons. The molecule has 140 valence electrons.